The van der Waals surface area contributed by atoms with E-state index in [0.29, 0.717) is 25.7 Å². The fourth-order valence-corrected chi connectivity index (χ4v) is 4.01. The highest BCUT2D eigenvalue weighted by molar-refractivity contribution is 14.0. The summed E-state index contributed by atoms with van der Waals surface area (Å²) in [4.78, 5) is 9.83. The summed E-state index contributed by atoms with van der Waals surface area (Å²) in [5.41, 5.74) is 2.67. The first-order chi connectivity index (χ1) is 14.8. The molecule has 176 valence electrons. The largest absolute Gasteiger partial charge is 0.382 e. The first kappa shape index (κ1) is 26.3. The van der Waals surface area contributed by atoms with E-state index in [1.54, 1.807) is 7.11 Å². The van der Waals surface area contributed by atoms with Crippen molar-refractivity contribution < 1.29 is 14.2 Å². The number of hydrogen-bond acceptors (Lipinski definition) is 5. The number of nitrogens with one attached hydrogen (secondary N) is 1. The predicted molar refractivity (Wildman–Crippen MR) is 135 cm³/mol. The van der Waals surface area contributed by atoms with Gasteiger partial charge in [-0.15, -0.1) is 24.0 Å². The SMILES string of the molecule is CCNC(=NCc1ccccc1CN1CCOCC1)N1CCC(COCCOC)C1.I. The number of halogens is 1. The number of benzene rings is 1. The molecule has 0 spiro atoms. The van der Waals surface area contributed by atoms with E-state index in [9.17, 15) is 0 Å². The summed E-state index contributed by atoms with van der Waals surface area (Å²) in [5, 5.41) is 3.48. The molecular weight excluding hydrogens is 507 g/mol. The second-order valence-electron chi connectivity index (χ2n) is 8.00. The Morgan fingerprint density at radius 1 is 1.16 bits per heavy atom. The smallest absolute Gasteiger partial charge is 0.194 e. The highest BCUT2D eigenvalue weighted by atomic mass is 127. The van der Waals surface area contributed by atoms with Crippen LogP contribution in [0.15, 0.2) is 29.3 Å². The molecule has 2 saturated heterocycles. The predicted octanol–water partition coefficient (Wildman–Crippen LogP) is 2.59. The lowest BCUT2D eigenvalue weighted by molar-refractivity contribution is 0.0341. The van der Waals surface area contributed by atoms with Crippen molar-refractivity contribution in [3.63, 3.8) is 0 Å². The molecule has 31 heavy (non-hydrogen) atoms. The molecule has 0 radical (unpaired) electrons. The van der Waals surface area contributed by atoms with Crippen LogP contribution in [0.2, 0.25) is 0 Å². The van der Waals surface area contributed by atoms with Crippen molar-refractivity contribution in [3.8, 4) is 0 Å². The third-order valence-corrected chi connectivity index (χ3v) is 5.72. The average molecular weight is 546 g/mol. The van der Waals surface area contributed by atoms with E-state index in [1.165, 1.54) is 11.1 Å². The van der Waals surface area contributed by atoms with Gasteiger partial charge in [-0.3, -0.25) is 4.90 Å². The second-order valence-corrected chi connectivity index (χ2v) is 8.00. The van der Waals surface area contributed by atoms with Crippen molar-refractivity contribution in [2.75, 3.05) is 72.9 Å². The summed E-state index contributed by atoms with van der Waals surface area (Å²) in [6, 6.07) is 8.68. The molecule has 0 saturated carbocycles. The van der Waals surface area contributed by atoms with E-state index >= 15 is 0 Å². The molecule has 2 aliphatic heterocycles. The van der Waals surface area contributed by atoms with Gasteiger partial charge >= 0.3 is 0 Å². The van der Waals surface area contributed by atoms with Gasteiger partial charge in [0.15, 0.2) is 5.96 Å². The highest BCUT2D eigenvalue weighted by Crippen LogP contribution is 2.18. The van der Waals surface area contributed by atoms with E-state index in [4.69, 9.17) is 19.2 Å². The Morgan fingerprint density at radius 2 is 1.94 bits per heavy atom. The van der Waals surface area contributed by atoms with E-state index in [0.717, 1.165) is 71.5 Å². The Labute approximate surface area is 204 Å². The average Bonchev–Trinajstić information content (AvgIpc) is 3.25. The molecule has 1 atom stereocenters. The van der Waals surface area contributed by atoms with Crippen molar-refractivity contribution in [3.05, 3.63) is 35.4 Å². The van der Waals surface area contributed by atoms with E-state index in [2.05, 4.69) is 46.3 Å². The van der Waals surface area contributed by atoms with Crippen LogP contribution in [0.5, 0.6) is 0 Å². The van der Waals surface area contributed by atoms with Crippen LogP contribution >= 0.6 is 24.0 Å². The number of rotatable bonds is 10. The maximum atomic E-state index is 5.74. The molecule has 3 rings (SSSR count). The molecule has 2 aliphatic rings. The first-order valence-electron chi connectivity index (χ1n) is 11.3. The minimum absolute atomic E-state index is 0. The van der Waals surface area contributed by atoms with Gasteiger partial charge in [0.05, 0.1) is 39.6 Å². The molecular formula is C23H39IN4O3. The van der Waals surface area contributed by atoms with E-state index in [1.807, 2.05) is 0 Å². The number of ether oxygens (including phenoxy) is 3. The Morgan fingerprint density at radius 3 is 2.68 bits per heavy atom. The number of methoxy groups -OCH3 is 1. The molecule has 2 heterocycles. The molecule has 0 aliphatic carbocycles. The van der Waals surface area contributed by atoms with Crippen molar-refractivity contribution in [1.82, 2.24) is 15.1 Å². The Hall–Kier alpha value is -0.940. The quantitative estimate of drug-likeness (QED) is 0.211. The minimum Gasteiger partial charge on any atom is -0.382 e. The topological polar surface area (TPSA) is 58.6 Å². The van der Waals surface area contributed by atoms with Crippen molar-refractivity contribution in [2.24, 2.45) is 10.9 Å². The van der Waals surface area contributed by atoms with E-state index < -0.39 is 0 Å². The first-order valence-corrected chi connectivity index (χ1v) is 11.3. The molecule has 1 N–H and O–H groups in total. The van der Waals surface area contributed by atoms with Gasteiger partial charge in [0, 0.05) is 52.3 Å². The fourth-order valence-electron chi connectivity index (χ4n) is 4.01. The van der Waals surface area contributed by atoms with Crippen LogP contribution in [-0.4, -0.2) is 88.6 Å². The van der Waals surface area contributed by atoms with Gasteiger partial charge in [0.2, 0.25) is 0 Å². The molecule has 1 unspecified atom stereocenters. The second kappa shape index (κ2) is 15.0. The fraction of sp³-hybridized carbons (Fsp3) is 0.696. The van der Waals surface area contributed by atoms with Crippen molar-refractivity contribution in [1.29, 1.82) is 0 Å². The van der Waals surface area contributed by atoms with Crippen molar-refractivity contribution in [2.45, 2.75) is 26.4 Å². The normalized spacial score (nSPS) is 20.0. The zero-order chi connectivity index (χ0) is 21.0. The number of hydrogen-bond donors (Lipinski definition) is 1. The van der Waals surface area contributed by atoms with Crippen LogP contribution in [0.4, 0.5) is 0 Å². The van der Waals surface area contributed by atoms with Crippen LogP contribution < -0.4 is 5.32 Å². The number of likely N-dealkylation sites (tertiary alicyclic amines) is 1. The minimum atomic E-state index is 0. The van der Waals surface area contributed by atoms with Crippen LogP contribution in [0.1, 0.15) is 24.5 Å². The molecule has 0 bridgehead atoms. The standard InChI is InChI=1S/C23H38N4O3.HI/c1-3-24-23(27-9-8-20(17-27)19-30-15-14-28-2)25-16-21-6-4-5-7-22(21)18-26-10-12-29-13-11-26;/h4-7,20H,3,8-19H2,1-2H3,(H,24,25);1H. The molecule has 2 fully saturated rings. The van der Waals surface area contributed by atoms with Gasteiger partial charge in [-0.1, -0.05) is 24.3 Å². The maximum Gasteiger partial charge on any atom is 0.194 e. The Bertz CT molecular complexity index is 655. The van der Waals surface area contributed by atoms with Gasteiger partial charge < -0.3 is 24.4 Å². The van der Waals surface area contributed by atoms with Gasteiger partial charge in [-0.25, -0.2) is 4.99 Å². The Kier molecular flexibility index (Phi) is 12.7. The molecule has 0 aromatic heterocycles. The molecule has 1 aromatic carbocycles. The van der Waals surface area contributed by atoms with Gasteiger partial charge in [0.25, 0.3) is 0 Å². The number of aliphatic imine (C=N–C) groups is 1. The monoisotopic (exact) mass is 546 g/mol. The summed E-state index contributed by atoms with van der Waals surface area (Å²) < 4.78 is 16.3. The van der Waals surface area contributed by atoms with Crippen molar-refractivity contribution >= 4 is 29.9 Å². The Balaban J connectivity index is 0.00000341. The lowest BCUT2D eigenvalue weighted by Gasteiger charge is -2.27. The van der Waals surface area contributed by atoms with Gasteiger partial charge in [-0.05, 0) is 24.5 Å². The summed E-state index contributed by atoms with van der Waals surface area (Å²) in [6.45, 7) is 12.5. The summed E-state index contributed by atoms with van der Waals surface area (Å²) in [7, 11) is 1.71. The lowest BCUT2D eigenvalue weighted by Crippen LogP contribution is -2.40. The third kappa shape index (κ3) is 8.84. The number of nitrogens with zero attached hydrogens (tertiary/aromatic N) is 3. The highest BCUT2D eigenvalue weighted by Gasteiger charge is 2.25. The number of morpholine rings is 1. The maximum absolute atomic E-state index is 5.74. The van der Waals surface area contributed by atoms with Gasteiger partial charge in [-0.2, -0.15) is 0 Å². The molecule has 7 nitrogen and oxygen atoms in total. The number of guanidine groups is 1. The summed E-state index contributed by atoms with van der Waals surface area (Å²) in [6.07, 6.45) is 1.14. The van der Waals surface area contributed by atoms with Crippen LogP contribution in [0, 0.1) is 5.92 Å². The van der Waals surface area contributed by atoms with Crippen LogP contribution in [0.25, 0.3) is 0 Å². The van der Waals surface area contributed by atoms with E-state index in [-0.39, 0.29) is 24.0 Å². The molecule has 1 aromatic rings. The summed E-state index contributed by atoms with van der Waals surface area (Å²) >= 11 is 0. The van der Waals surface area contributed by atoms with Gasteiger partial charge in [0.1, 0.15) is 0 Å². The molecule has 8 heteroatoms. The third-order valence-electron chi connectivity index (χ3n) is 5.72. The zero-order valence-electron chi connectivity index (χ0n) is 19.1. The molecule has 0 amide bonds. The summed E-state index contributed by atoms with van der Waals surface area (Å²) in [5.74, 6) is 1.57. The zero-order valence-corrected chi connectivity index (χ0v) is 21.4. The van der Waals surface area contributed by atoms with Crippen LogP contribution in [0.3, 0.4) is 0 Å². The van der Waals surface area contributed by atoms with Crippen LogP contribution in [-0.2, 0) is 27.3 Å². The lowest BCUT2D eigenvalue weighted by atomic mass is 10.1.